The lowest BCUT2D eigenvalue weighted by Crippen LogP contribution is -2.18. The molecule has 0 unspecified atom stereocenters. The van der Waals surface area contributed by atoms with E-state index in [1.54, 1.807) is 0 Å². The van der Waals surface area contributed by atoms with E-state index < -0.39 is 0 Å². The molecule has 0 aliphatic heterocycles. The number of thiol groups is 1. The van der Waals surface area contributed by atoms with Crippen molar-refractivity contribution in [1.82, 2.24) is 5.32 Å². The van der Waals surface area contributed by atoms with Gasteiger partial charge in [0, 0.05) is 4.88 Å². The number of nitrogens with one attached hydrogen (secondary N) is 1. The van der Waals surface area contributed by atoms with E-state index in [0.29, 0.717) is 0 Å². The van der Waals surface area contributed by atoms with E-state index in [1.165, 1.54) is 10.4 Å². The molecule has 0 amide bonds. The van der Waals surface area contributed by atoms with E-state index >= 15 is 0 Å². The number of hydrogen-bond donors (Lipinski definition) is 2. The van der Waals surface area contributed by atoms with Gasteiger partial charge in [0.2, 0.25) is 0 Å². The van der Waals surface area contributed by atoms with E-state index in [4.69, 9.17) is 0 Å². The Kier molecular flexibility index (Phi) is 5.51. The maximum absolute atomic E-state index is 4.16. The Bertz CT molecular complexity index is 233. The highest BCUT2D eigenvalue weighted by Crippen LogP contribution is 2.15. The molecule has 1 rings (SSSR count). The number of rotatable bonds is 6. The lowest BCUT2D eigenvalue weighted by Gasteiger charge is -2.02. The SMILES string of the molecule is Cc1ccsc1CCNCCCS. The van der Waals surface area contributed by atoms with Gasteiger partial charge in [0.05, 0.1) is 0 Å². The highest BCUT2D eigenvalue weighted by atomic mass is 32.1. The molecule has 0 aliphatic carbocycles. The molecule has 0 radical (unpaired) electrons. The van der Waals surface area contributed by atoms with Crippen molar-refractivity contribution < 1.29 is 0 Å². The summed E-state index contributed by atoms with van der Waals surface area (Å²) in [5, 5.41) is 5.57. The second-order valence-corrected chi connectivity index (χ2v) is 4.55. The Hall–Kier alpha value is 0.01000. The molecule has 1 N–H and O–H groups in total. The van der Waals surface area contributed by atoms with Gasteiger partial charge in [0.25, 0.3) is 0 Å². The number of aryl methyl sites for hydroxylation is 1. The molecule has 74 valence electrons. The lowest BCUT2D eigenvalue weighted by molar-refractivity contribution is 0.677. The molecule has 1 aromatic heterocycles. The molecular formula is C10H17NS2. The third kappa shape index (κ3) is 4.16. The van der Waals surface area contributed by atoms with Crippen LogP contribution in [0, 0.1) is 6.92 Å². The van der Waals surface area contributed by atoms with Gasteiger partial charge in [-0.2, -0.15) is 12.6 Å². The fourth-order valence-corrected chi connectivity index (χ4v) is 2.26. The topological polar surface area (TPSA) is 12.0 Å². The maximum atomic E-state index is 4.16. The first kappa shape index (κ1) is 11.1. The smallest absolute Gasteiger partial charge is 0.00870 e. The summed E-state index contributed by atoms with van der Waals surface area (Å²) in [7, 11) is 0. The molecule has 13 heavy (non-hydrogen) atoms. The predicted molar refractivity (Wildman–Crippen MR) is 64.1 cm³/mol. The van der Waals surface area contributed by atoms with Crippen LogP contribution in [0.3, 0.4) is 0 Å². The normalized spacial score (nSPS) is 10.6. The summed E-state index contributed by atoms with van der Waals surface area (Å²) >= 11 is 6.02. The minimum Gasteiger partial charge on any atom is -0.316 e. The van der Waals surface area contributed by atoms with Crippen molar-refractivity contribution in [3.05, 3.63) is 21.9 Å². The average Bonchev–Trinajstić information content (AvgIpc) is 2.52. The standard InChI is InChI=1S/C10H17NS2/c1-9-4-8-13-10(9)3-6-11-5-2-7-12/h4,8,11-12H,2-3,5-7H2,1H3. The fraction of sp³-hybridized carbons (Fsp3) is 0.600. The van der Waals surface area contributed by atoms with Crippen molar-refractivity contribution in [1.29, 1.82) is 0 Å². The monoisotopic (exact) mass is 215 g/mol. The van der Waals surface area contributed by atoms with Crippen LogP contribution >= 0.6 is 24.0 Å². The van der Waals surface area contributed by atoms with Crippen LogP contribution in [0.25, 0.3) is 0 Å². The molecule has 1 nitrogen and oxygen atoms in total. The van der Waals surface area contributed by atoms with Crippen LogP contribution in [0.15, 0.2) is 11.4 Å². The van der Waals surface area contributed by atoms with E-state index in [9.17, 15) is 0 Å². The molecule has 0 fully saturated rings. The summed E-state index contributed by atoms with van der Waals surface area (Å²) < 4.78 is 0. The van der Waals surface area contributed by atoms with Crippen LogP contribution in [-0.2, 0) is 6.42 Å². The van der Waals surface area contributed by atoms with Gasteiger partial charge in [0.1, 0.15) is 0 Å². The minimum absolute atomic E-state index is 0.977. The first-order valence-corrected chi connectivity index (χ1v) is 6.20. The second kappa shape index (κ2) is 6.46. The van der Waals surface area contributed by atoms with Gasteiger partial charge in [-0.15, -0.1) is 11.3 Å². The Balaban J connectivity index is 2.10. The zero-order valence-electron chi connectivity index (χ0n) is 8.05. The van der Waals surface area contributed by atoms with Crippen molar-refractivity contribution in [2.75, 3.05) is 18.8 Å². The molecular weight excluding hydrogens is 198 g/mol. The first-order valence-electron chi connectivity index (χ1n) is 4.69. The van der Waals surface area contributed by atoms with Crippen LogP contribution in [0.1, 0.15) is 16.9 Å². The van der Waals surface area contributed by atoms with Gasteiger partial charge in [-0.1, -0.05) is 0 Å². The van der Waals surface area contributed by atoms with Crippen LogP contribution < -0.4 is 5.32 Å². The van der Waals surface area contributed by atoms with Crippen molar-refractivity contribution in [2.45, 2.75) is 19.8 Å². The zero-order valence-corrected chi connectivity index (χ0v) is 9.76. The molecule has 0 aromatic carbocycles. The van der Waals surface area contributed by atoms with Gasteiger partial charge in [-0.3, -0.25) is 0 Å². The molecule has 3 heteroatoms. The summed E-state index contributed by atoms with van der Waals surface area (Å²) in [4.78, 5) is 1.51. The van der Waals surface area contributed by atoms with Gasteiger partial charge in [0.15, 0.2) is 0 Å². The third-order valence-corrected chi connectivity index (χ3v) is 3.41. The Morgan fingerprint density at radius 1 is 1.46 bits per heavy atom. The van der Waals surface area contributed by atoms with E-state index in [1.807, 2.05) is 11.3 Å². The zero-order chi connectivity index (χ0) is 9.52. The van der Waals surface area contributed by atoms with E-state index in [2.05, 4.69) is 36.3 Å². The number of thiophene rings is 1. The molecule has 0 atom stereocenters. The Morgan fingerprint density at radius 2 is 2.31 bits per heavy atom. The molecule has 1 heterocycles. The van der Waals surface area contributed by atoms with Crippen molar-refractivity contribution in [2.24, 2.45) is 0 Å². The summed E-state index contributed by atoms with van der Waals surface area (Å²) in [6.07, 6.45) is 2.32. The van der Waals surface area contributed by atoms with Gasteiger partial charge in [-0.25, -0.2) is 0 Å². The molecule has 0 saturated carbocycles. The van der Waals surface area contributed by atoms with Crippen molar-refractivity contribution >= 4 is 24.0 Å². The lowest BCUT2D eigenvalue weighted by atomic mass is 10.2. The third-order valence-electron chi connectivity index (χ3n) is 2.01. The summed E-state index contributed by atoms with van der Waals surface area (Å²) in [6.45, 7) is 4.36. The maximum Gasteiger partial charge on any atom is 0.00870 e. The van der Waals surface area contributed by atoms with Crippen molar-refractivity contribution in [3.63, 3.8) is 0 Å². The Morgan fingerprint density at radius 3 is 2.92 bits per heavy atom. The Labute approximate surface area is 90.0 Å². The summed E-state index contributed by atoms with van der Waals surface area (Å²) in [5.41, 5.74) is 1.43. The highest BCUT2D eigenvalue weighted by Gasteiger charge is 1.97. The largest absolute Gasteiger partial charge is 0.316 e. The first-order chi connectivity index (χ1) is 6.34. The minimum atomic E-state index is 0.977. The van der Waals surface area contributed by atoms with Gasteiger partial charge in [-0.05, 0) is 55.6 Å². The van der Waals surface area contributed by atoms with Crippen molar-refractivity contribution in [3.8, 4) is 0 Å². The van der Waals surface area contributed by atoms with Crippen LogP contribution in [0.5, 0.6) is 0 Å². The van der Waals surface area contributed by atoms with Crippen LogP contribution in [-0.4, -0.2) is 18.8 Å². The second-order valence-electron chi connectivity index (χ2n) is 3.10. The van der Waals surface area contributed by atoms with Crippen LogP contribution in [0.4, 0.5) is 0 Å². The fourth-order valence-electron chi connectivity index (χ4n) is 1.19. The molecule has 0 aliphatic rings. The predicted octanol–water partition coefficient (Wildman–Crippen LogP) is 2.51. The average molecular weight is 215 g/mol. The highest BCUT2D eigenvalue weighted by molar-refractivity contribution is 7.80. The molecule has 0 saturated heterocycles. The molecule has 0 bridgehead atoms. The quantitative estimate of drug-likeness (QED) is 0.549. The summed E-state index contributed by atoms with van der Waals surface area (Å²) in [6, 6.07) is 2.19. The van der Waals surface area contributed by atoms with E-state index in [0.717, 1.165) is 31.7 Å². The van der Waals surface area contributed by atoms with E-state index in [-0.39, 0.29) is 0 Å². The van der Waals surface area contributed by atoms with Gasteiger partial charge < -0.3 is 5.32 Å². The summed E-state index contributed by atoms with van der Waals surface area (Å²) in [5.74, 6) is 0.977. The number of hydrogen-bond acceptors (Lipinski definition) is 3. The van der Waals surface area contributed by atoms with Crippen LogP contribution in [0.2, 0.25) is 0 Å². The molecule has 1 aromatic rings. The van der Waals surface area contributed by atoms with Gasteiger partial charge >= 0.3 is 0 Å². The molecule has 0 spiro atoms.